The largest absolute Gasteiger partial charge is 0.458 e. The number of carbonyl (C=O) groups is 2. The van der Waals surface area contributed by atoms with Crippen LogP contribution in [0.25, 0.3) is 0 Å². The zero-order valence-electron chi connectivity index (χ0n) is 14.8. The number of carbonyl (C=O) groups excluding carboxylic acids is 2. The fourth-order valence-corrected chi connectivity index (χ4v) is 1.36. The van der Waals surface area contributed by atoms with Gasteiger partial charge in [-0.1, -0.05) is 0 Å². The van der Waals surface area contributed by atoms with Crippen molar-refractivity contribution >= 4 is 11.9 Å². The van der Waals surface area contributed by atoms with Gasteiger partial charge >= 0.3 is 5.97 Å². The predicted molar refractivity (Wildman–Crippen MR) is 82.9 cm³/mol. The van der Waals surface area contributed by atoms with Crippen molar-refractivity contribution in [1.82, 2.24) is 10.8 Å². The summed E-state index contributed by atoms with van der Waals surface area (Å²) in [5.74, 6) is -1.08. The van der Waals surface area contributed by atoms with E-state index in [0.717, 1.165) is 0 Å². The lowest BCUT2D eigenvalue weighted by atomic mass is 10.1. The Kier molecular flexibility index (Phi) is 7.47. The van der Waals surface area contributed by atoms with Gasteiger partial charge in [-0.3, -0.25) is 9.63 Å². The standard InChI is InChI=1S/C15H30N2O5/c1-9(13(20)21-14(3,4)5)16-12(19)11(10(2)18)17-22-15(6,7)8/h9-11,17-18H,1-8H3,(H,16,19)/t9-,10+,11-/m0/s1. The van der Waals surface area contributed by atoms with Gasteiger partial charge in [0.05, 0.1) is 11.7 Å². The summed E-state index contributed by atoms with van der Waals surface area (Å²) in [6, 6.07) is -1.83. The molecule has 0 aromatic carbocycles. The minimum absolute atomic E-state index is 0.524. The highest BCUT2D eigenvalue weighted by Crippen LogP contribution is 2.09. The number of hydroxylamine groups is 1. The SMILES string of the molecule is C[C@H](NC(=O)[C@@H](NOC(C)(C)C)[C@@H](C)O)C(=O)OC(C)(C)C. The molecule has 3 N–H and O–H groups in total. The van der Waals surface area contributed by atoms with Gasteiger partial charge in [0.1, 0.15) is 17.7 Å². The smallest absolute Gasteiger partial charge is 0.328 e. The Bertz CT molecular complexity index is 382. The molecule has 0 aliphatic rings. The third-order valence-electron chi connectivity index (χ3n) is 2.38. The molecule has 0 spiro atoms. The van der Waals surface area contributed by atoms with Crippen molar-refractivity contribution in [2.45, 2.75) is 84.8 Å². The summed E-state index contributed by atoms with van der Waals surface area (Å²) in [7, 11) is 0. The monoisotopic (exact) mass is 318 g/mol. The summed E-state index contributed by atoms with van der Waals surface area (Å²) in [4.78, 5) is 29.3. The molecule has 130 valence electrons. The zero-order valence-corrected chi connectivity index (χ0v) is 14.8. The van der Waals surface area contributed by atoms with Crippen molar-refractivity contribution in [3.63, 3.8) is 0 Å². The molecule has 0 saturated heterocycles. The molecule has 0 fully saturated rings. The molecular weight excluding hydrogens is 288 g/mol. The second kappa shape index (κ2) is 7.89. The lowest BCUT2D eigenvalue weighted by molar-refractivity contribution is -0.159. The lowest BCUT2D eigenvalue weighted by Crippen LogP contribution is -2.55. The van der Waals surface area contributed by atoms with E-state index in [1.807, 2.05) is 0 Å². The number of ether oxygens (including phenoxy) is 1. The zero-order chi connectivity index (χ0) is 17.7. The van der Waals surface area contributed by atoms with Crippen LogP contribution in [0.1, 0.15) is 55.4 Å². The highest BCUT2D eigenvalue weighted by molar-refractivity contribution is 5.87. The molecule has 0 unspecified atom stereocenters. The molecule has 0 bridgehead atoms. The second-order valence-corrected chi connectivity index (χ2v) is 7.31. The maximum atomic E-state index is 12.2. The number of amides is 1. The fraction of sp³-hybridized carbons (Fsp3) is 0.867. The van der Waals surface area contributed by atoms with E-state index < -0.39 is 41.3 Å². The average Bonchev–Trinajstić information content (AvgIpc) is 2.24. The normalized spacial score (nSPS) is 16.6. The second-order valence-electron chi connectivity index (χ2n) is 7.31. The summed E-state index contributed by atoms with van der Waals surface area (Å²) in [6.45, 7) is 13.6. The molecule has 0 aromatic heterocycles. The molecule has 7 heteroatoms. The summed E-state index contributed by atoms with van der Waals surface area (Å²) in [5, 5.41) is 12.2. The van der Waals surface area contributed by atoms with Crippen LogP contribution in [0.4, 0.5) is 0 Å². The highest BCUT2D eigenvalue weighted by atomic mass is 16.7. The number of nitrogens with one attached hydrogen (secondary N) is 2. The Morgan fingerprint density at radius 1 is 1.00 bits per heavy atom. The van der Waals surface area contributed by atoms with Crippen LogP contribution in [0.3, 0.4) is 0 Å². The van der Waals surface area contributed by atoms with Gasteiger partial charge in [0.2, 0.25) is 5.91 Å². The molecule has 0 aliphatic carbocycles. The Balaban J connectivity index is 4.66. The maximum absolute atomic E-state index is 12.2. The average molecular weight is 318 g/mol. The quantitative estimate of drug-likeness (QED) is 0.497. The number of rotatable bonds is 6. The van der Waals surface area contributed by atoms with E-state index in [4.69, 9.17) is 9.57 Å². The van der Waals surface area contributed by atoms with Gasteiger partial charge in [-0.15, -0.1) is 0 Å². The van der Waals surface area contributed by atoms with E-state index in [1.54, 1.807) is 41.5 Å². The van der Waals surface area contributed by atoms with Gasteiger partial charge in [0.15, 0.2) is 0 Å². The molecule has 0 aliphatic heterocycles. The maximum Gasteiger partial charge on any atom is 0.328 e. The molecule has 0 rings (SSSR count). The van der Waals surface area contributed by atoms with Crippen molar-refractivity contribution < 1.29 is 24.3 Å². The minimum Gasteiger partial charge on any atom is -0.458 e. The van der Waals surface area contributed by atoms with Crippen molar-refractivity contribution in [2.24, 2.45) is 0 Å². The highest BCUT2D eigenvalue weighted by Gasteiger charge is 2.30. The van der Waals surface area contributed by atoms with E-state index in [9.17, 15) is 14.7 Å². The third kappa shape index (κ3) is 8.96. The molecule has 0 heterocycles. The Labute approximate surface area is 132 Å². The van der Waals surface area contributed by atoms with Crippen LogP contribution < -0.4 is 10.8 Å². The minimum atomic E-state index is -0.996. The first-order chi connectivity index (χ1) is 9.73. The topological polar surface area (TPSA) is 96.9 Å². The van der Waals surface area contributed by atoms with Crippen LogP contribution in [0.15, 0.2) is 0 Å². The van der Waals surface area contributed by atoms with E-state index in [1.165, 1.54) is 13.8 Å². The van der Waals surface area contributed by atoms with Crippen molar-refractivity contribution in [2.75, 3.05) is 0 Å². The molecule has 3 atom stereocenters. The molecular formula is C15H30N2O5. The summed E-state index contributed by atoms with van der Waals surface area (Å²) in [5.41, 5.74) is 1.38. The molecule has 1 amide bonds. The van der Waals surface area contributed by atoms with Crippen LogP contribution in [0.2, 0.25) is 0 Å². The van der Waals surface area contributed by atoms with Crippen molar-refractivity contribution in [3.05, 3.63) is 0 Å². The molecule has 7 nitrogen and oxygen atoms in total. The first-order valence-corrected chi connectivity index (χ1v) is 7.38. The van der Waals surface area contributed by atoms with E-state index in [0.29, 0.717) is 0 Å². The van der Waals surface area contributed by atoms with Crippen LogP contribution >= 0.6 is 0 Å². The summed E-state index contributed by atoms with van der Waals surface area (Å²) >= 11 is 0. The van der Waals surface area contributed by atoms with E-state index in [2.05, 4.69) is 10.8 Å². The number of hydrogen-bond acceptors (Lipinski definition) is 6. The van der Waals surface area contributed by atoms with Crippen molar-refractivity contribution in [1.29, 1.82) is 0 Å². The van der Waals surface area contributed by atoms with Gasteiger partial charge in [0, 0.05) is 0 Å². The fourth-order valence-electron chi connectivity index (χ4n) is 1.36. The first-order valence-electron chi connectivity index (χ1n) is 7.38. The van der Waals surface area contributed by atoms with Crippen LogP contribution in [0, 0.1) is 0 Å². The Morgan fingerprint density at radius 3 is 1.86 bits per heavy atom. The number of aliphatic hydroxyl groups is 1. The van der Waals surface area contributed by atoms with Gasteiger partial charge < -0.3 is 15.2 Å². The Hall–Kier alpha value is -1.18. The lowest BCUT2D eigenvalue weighted by Gasteiger charge is -2.27. The van der Waals surface area contributed by atoms with Gasteiger partial charge in [-0.05, 0) is 55.4 Å². The summed E-state index contributed by atoms with van der Waals surface area (Å²) < 4.78 is 5.19. The number of esters is 1. The first kappa shape index (κ1) is 20.8. The molecule has 0 saturated carbocycles. The summed E-state index contributed by atoms with van der Waals surface area (Å²) in [6.07, 6.45) is -0.992. The van der Waals surface area contributed by atoms with Gasteiger partial charge in [0.25, 0.3) is 0 Å². The number of hydrogen-bond donors (Lipinski definition) is 3. The van der Waals surface area contributed by atoms with Crippen LogP contribution in [0.5, 0.6) is 0 Å². The van der Waals surface area contributed by atoms with Crippen molar-refractivity contribution in [3.8, 4) is 0 Å². The van der Waals surface area contributed by atoms with E-state index in [-0.39, 0.29) is 0 Å². The molecule has 0 radical (unpaired) electrons. The van der Waals surface area contributed by atoms with E-state index >= 15 is 0 Å². The molecule has 22 heavy (non-hydrogen) atoms. The molecule has 0 aromatic rings. The third-order valence-corrected chi connectivity index (χ3v) is 2.38. The predicted octanol–water partition coefficient (Wildman–Crippen LogP) is 0.902. The van der Waals surface area contributed by atoms with Crippen LogP contribution in [-0.4, -0.2) is 46.4 Å². The van der Waals surface area contributed by atoms with Gasteiger partial charge in [-0.25, -0.2) is 4.79 Å². The Morgan fingerprint density at radius 2 is 1.50 bits per heavy atom. The van der Waals surface area contributed by atoms with Gasteiger partial charge in [-0.2, -0.15) is 5.48 Å². The number of aliphatic hydroxyl groups excluding tert-OH is 1. The van der Waals surface area contributed by atoms with Crippen LogP contribution in [-0.2, 0) is 19.2 Å².